The van der Waals surface area contributed by atoms with Gasteiger partial charge in [0, 0.05) is 61.5 Å². The molecule has 2 aliphatic heterocycles. The van der Waals surface area contributed by atoms with Gasteiger partial charge in [0.1, 0.15) is 29.6 Å². The molecule has 1 N–H and O–H groups in total. The molecule has 0 radical (unpaired) electrons. The zero-order valence-corrected chi connectivity index (χ0v) is 25.5. The Kier molecular flexibility index (Phi) is 7.24. The fourth-order valence-electron chi connectivity index (χ4n) is 5.98. The Morgan fingerprint density at radius 2 is 1.86 bits per heavy atom. The minimum Gasteiger partial charge on any atom is -0.488 e. The fraction of sp³-hybridized carbons (Fsp3) is 0.438. The van der Waals surface area contributed by atoms with Crippen LogP contribution in [0.2, 0.25) is 0 Å². The van der Waals surface area contributed by atoms with Crippen LogP contribution in [0.1, 0.15) is 27.7 Å². The van der Waals surface area contributed by atoms with Gasteiger partial charge in [-0.15, -0.1) is 0 Å². The van der Waals surface area contributed by atoms with Crippen LogP contribution in [-0.2, 0) is 4.74 Å². The van der Waals surface area contributed by atoms with E-state index in [4.69, 9.17) is 9.47 Å². The topological polar surface area (TPSA) is 96.0 Å². The molecule has 11 heteroatoms. The number of fused-ring (bicyclic) bond motifs is 2. The molecule has 1 spiro atoms. The number of hydrogen-bond donors (Lipinski definition) is 1. The van der Waals surface area contributed by atoms with E-state index in [2.05, 4.69) is 30.1 Å². The SMILES string of the molecule is C[C@H](CN(C)C)Oc1cc(N2CC3(CN(C(=O)OC(C)(C)C)C3)C2)cc2ncnc(Nc3ccc4ncccc4c3F)c12. The average molecular weight is 588 g/mol. The Balaban J connectivity index is 1.28. The highest BCUT2D eigenvalue weighted by molar-refractivity contribution is 5.98. The number of hydrogen-bond acceptors (Lipinski definition) is 9. The number of benzene rings is 2. The number of likely N-dealkylation sites (tertiary alicyclic amines) is 1. The smallest absolute Gasteiger partial charge is 0.410 e. The number of nitrogens with zero attached hydrogens (tertiary/aromatic N) is 6. The molecule has 0 bridgehead atoms. The van der Waals surface area contributed by atoms with Crippen LogP contribution in [0.4, 0.5) is 26.4 Å². The van der Waals surface area contributed by atoms with E-state index in [1.165, 1.54) is 6.33 Å². The molecule has 2 saturated heterocycles. The van der Waals surface area contributed by atoms with E-state index in [9.17, 15) is 4.79 Å². The maximum atomic E-state index is 15.5. The molecule has 43 heavy (non-hydrogen) atoms. The molecule has 0 unspecified atom stereocenters. The summed E-state index contributed by atoms with van der Waals surface area (Å²) in [5.41, 5.74) is 2.09. The van der Waals surface area contributed by atoms with Crippen molar-refractivity contribution >= 4 is 45.1 Å². The molecule has 2 aliphatic rings. The van der Waals surface area contributed by atoms with Gasteiger partial charge >= 0.3 is 6.09 Å². The summed E-state index contributed by atoms with van der Waals surface area (Å²) in [7, 11) is 4.00. The molecule has 1 atom stereocenters. The predicted octanol–water partition coefficient (Wildman–Crippen LogP) is 5.45. The molecule has 0 aliphatic carbocycles. The summed E-state index contributed by atoms with van der Waals surface area (Å²) < 4.78 is 27.5. The van der Waals surface area contributed by atoms with Crippen molar-refractivity contribution in [2.75, 3.05) is 57.0 Å². The molecular weight excluding hydrogens is 549 g/mol. The first-order chi connectivity index (χ1) is 20.4. The van der Waals surface area contributed by atoms with Gasteiger partial charge in [-0.3, -0.25) is 4.98 Å². The molecule has 0 saturated carbocycles. The first-order valence-electron chi connectivity index (χ1n) is 14.5. The van der Waals surface area contributed by atoms with Crippen molar-refractivity contribution < 1.29 is 18.7 Å². The Morgan fingerprint density at radius 1 is 1.09 bits per heavy atom. The molecular formula is C32H38FN7O3. The molecule has 1 amide bonds. The zero-order valence-electron chi connectivity index (χ0n) is 25.5. The summed E-state index contributed by atoms with van der Waals surface area (Å²) in [4.78, 5) is 31.9. The number of carbonyl (C=O) groups excluding carboxylic acids is 1. The predicted molar refractivity (Wildman–Crippen MR) is 166 cm³/mol. The van der Waals surface area contributed by atoms with Crippen molar-refractivity contribution in [3.05, 3.63) is 54.7 Å². The Morgan fingerprint density at radius 3 is 2.58 bits per heavy atom. The molecule has 2 fully saturated rings. The Labute approximate surface area is 250 Å². The van der Waals surface area contributed by atoms with E-state index in [1.807, 2.05) is 53.9 Å². The van der Waals surface area contributed by atoms with Gasteiger partial charge in [0.25, 0.3) is 0 Å². The lowest BCUT2D eigenvalue weighted by molar-refractivity contribution is -0.0452. The van der Waals surface area contributed by atoms with Crippen LogP contribution in [0.3, 0.4) is 0 Å². The van der Waals surface area contributed by atoms with Crippen molar-refractivity contribution in [3.63, 3.8) is 0 Å². The lowest BCUT2D eigenvalue weighted by Gasteiger charge is -2.60. The number of halogens is 1. The van der Waals surface area contributed by atoms with E-state index in [1.54, 1.807) is 35.4 Å². The highest BCUT2D eigenvalue weighted by Crippen LogP contribution is 2.45. The first-order valence-corrected chi connectivity index (χ1v) is 14.5. The van der Waals surface area contributed by atoms with Crippen molar-refractivity contribution in [3.8, 4) is 5.75 Å². The van der Waals surface area contributed by atoms with Crippen LogP contribution in [0, 0.1) is 11.2 Å². The van der Waals surface area contributed by atoms with Crippen LogP contribution >= 0.6 is 0 Å². The maximum Gasteiger partial charge on any atom is 0.410 e. The van der Waals surface area contributed by atoms with E-state index < -0.39 is 11.4 Å². The highest BCUT2D eigenvalue weighted by Gasteiger charge is 2.54. The van der Waals surface area contributed by atoms with Gasteiger partial charge in [-0.2, -0.15) is 0 Å². The van der Waals surface area contributed by atoms with E-state index >= 15 is 4.39 Å². The highest BCUT2D eigenvalue weighted by atomic mass is 19.1. The molecule has 2 aromatic carbocycles. The maximum absolute atomic E-state index is 15.5. The minimum atomic E-state index is -0.510. The normalized spacial score (nSPS) is 16.7. The number of pyridine rings is 1. The molecule has 6 rings (SSSR count). The summed E-state index contributed by atoms with van der Waals surface area (Å²) in [6, 6.07) is 10.9. The number of amides is 1. The van der Waals surface area contributed by atoms with E-state index in [0.29, 0.717) is 58.7 Å². The van der Waals surface area contributed by atoms with Crippen molar-refractivity contribution in [2.45, 2.75) is 39.4 Å². The third-order valence-electron chi connectivity index (χ3n) is 7.73. The number of ether oxygens (including phenoxy) is 2. The molecule has 4 heterocycles. The molecule has 2 aromatic heterocycles. The quantitative estimate of drug-likeness (QED) is 0.303. The second-order valence-corrected chi connectivity index (χ2v) is 13.1. The number of rotatable bonds is 7. The van der Waals surface area contributed by atoms with Gasteiger partial charge in [0.15, 0.2) is 5.82 Å². The van der Waals surface area contributed by atoms with Crippen molar-refractivity contribution in [1.29, 1.82) is 0 Å². The zero-order chi connectivity index (χ0) is 30.5. The van der Waals surface area contributed by atoms with Crippen LogP contribution in [0.5, 0.6) is 5.75 Å². The van der Waals surface area contributed by atoms with Gasteiger partial charge in [0.2, 0.25) is 0 Å². The lowest BCUT2D eigenvalue weighted by Crippen LogP contribution is -2.73. The number of nitrogens with one attached hydrogen (secondary N) is 1. The van der Waals surface area contributed by atoms with Gasteiger partial charge in [-0.05, 0) is 72.1 Å². The second kappa shape index (κ2) is 10.8. The van der Waals surface area contributed by atoms with E-state index in [-0.39, 0.29) is 17.6 Å². The van der Waals surface area contributed by atoms with Crippen LogP contribution in [0.25, 0.3) is 21.8 Å². The number of aromatic nitrogens is 3. The summed E-state index contributed by atoms with van der Waals surface area (Å²) in [5.74, 6) is 0.680. The summed E-state index contributed by atoms with van der Waals surface area (Å²) in [6.07, 6.45) is 2.74. The van der Waals surface area contributed by atoms with Crippen molar-refractivity contribution in [2.24, 2.45) is 5.41 Å². The Bertz CT molecular complexity index is 1680. The molecule has 4 aromatic rings. The van der Waals surface area contributed by atoms with Gasteiger partial charge in [0.05, 0.1) is 22.1 Å². The summed E-state index contributed by atoms with van der Waals surface area (Å²) >= 11 is 0. The fourth-order valence-corrected chi connectivity index (χ4v) is 5.98. The summed E-state index contributed by atoms with van der Waals surface area (Å²) in [5, 5.41) is 4.30. The van der Waals surface area contributed by atoms with Crippen LogP contribution in [0.15, 0.2) is 48.9 Å². The van der Waals surface area contributed by atoms with Gasteiger partial charge < -0.3 is 29.5 Å². The van der Waals surface area contributed by atoms with Gasteiger partial charge in [-0.1, -0.05) is 0 Å². The van der Waals surface area contributed by atoms with Crippen LogP contribution in [-0.4, -0.2) is 89.4 Å². The monoisotopic (exact) mass is 587 g/mol. The standard InChI is InChI=1S/C32H38FN7O3/c1-20(14-38(5)6)42-26-13-21(39-15-32(16-39)17-40(18-32)30(41)43-31(2,3)4)12-25-27(26)29(36-19-35-25)37-24-10-9-23-22(28(24)33)8-7-11-34-23/h7-13,19-20H,14-18H2,1-6H3,(H,35,36,37)/t20-/m1/s1. The van der Waals surface area contributed by atoms with Crippen molar-refractivity contribution in [1.82, 2.24) is 24.8 Å². The second-order valence-electron chi connectivity index (χ2n) is 13.1. The lowest BCUT2D eigenvalue weighted by atomic mass is 9.73. The molecule has 226 valence electrons. The third kappa shape index (κ3) is 5.86. The third-order valence-corrected chi connectivity index (χ3v) is 7.73. The molecule has 10 nitrogen and oxygen atoms in total. The minimum absolute atomic E-state index is 0.0615. The van der Waals surface area contributed by atoms with E-state index in [0.717, 1.165) is 18.8 Å². The largest absolute Gasteiger partial charge is 0.488 e. The number of anilines is 3. The number of likely N-dealkylation sites (N-methyl/N-ethyl adjacent to an activating group) is 1. The van der Waals surface area contributed by atoms with Crippen LogP contribution < -0.4 is 15.0 Å². The Hall–Kier alpha value is -4.25. The number of carbonyl (C=O) groups is 1. The average Bonchev–Trinajstić information content (AvgIpc) is 2.87. The first kappa shape index (κ1) is 28.9. The summed E-state index contributed by atoms with van der Waals surface area (Å²) in [6.45, 7) is 11.4. The van der Waals surface area contributed by atoms with Gasteiger partial charge in [-0.25, -0.2) is 19.2 Å².